The standard InChI is InChI=1S/C26H21N3O5/c30-18-9-5-16(6-10-18)13-22(26-28-20-3-1-2-4-21(20)29-26)27-24(31)15-33-19-11-7-17-8-12-25(32)34-23(17)14-19/h1-12,14,22,30H,13,15H2,(H,27,31)(H,28,29). The molecule has 0 saturated carbocycles. The summed E-state index contributed by atoms with van der Waals surface area (Å²) in [5.74, 6) is 0.873. The van der Waals surface area contributed by atoms with E-state index in [0.29, 0.717) is 23.6 Å². The molecule has 2 aromatic heterocycles. The maximum Gasteiger partial charge on any atom is 0.336 e. The Labute approximate surface area is 193 Å². The molecule has 1 atom stereocenters. The van der Waals surface area contributed by atoms with Crippen LogP contribution in [0.15, 0.2) is 88.1 Å². The number of aromatic hydroxyl groups is 1. The van der Waals surface area contributed by atoms with E-state index in [-0.39, 0.29) is 18.3 Å². The lowest BCUT2D eigenvalue weighted by molar-refractivity contribution is -0.123. The number of H-pyrrole nitrogens is 1. The SMILES string of the molecule is O=C(COc1ccc2ccc(=O)oc2c1)NC(Cc1ccc(O)cc1)c1nc2ccccc2[nH]1. The third-order valence-corrected chi connectivity index (χ3v) is 5.41. The molecule has 0 radical (unpaired) electrons. The summed E-state index contributed by atoms with van der Waals surface area (Å²) in [4.78, 5) is 32.2. The highest BCUT2D eigenvalue weighted by atomic mass is 16.5. The van der Waals surface area contributed by atoms with Crippen molar-refractivity contribution >= 4 is 27.9 Å². The molecule has 5 rings (SSSR count). The van der Waals surface area contributed by atoms with Crippen LogP contribution in [0.2, 0.25) is 0 Å². The minimum absolute atomic E-state index is 0.174. The average molecular weight is 455 g/mol. The highest BCUT2D eigenvalue weighted by Crippen LogP contribution is 2.22. The molecule has 1 amide bonds. The number of benzene rings is 3. The lowest BCUT2D eigenvalue weighted by Gasteiger charge is -2.17. The van der Waals surface area contributed by atoms with Gasteiger partial charge in [-0.05, 0) is 54.4 Å². The summed E-state index contributed by atoms with van der Waals surface area (Å²) in [7, 11) is 0. The van der Waals surface area contributed by atoms with Gasteiger partial charge in [0.25, 0.3) is 5.91 Å². The molecular formula is C26H21N3O5. The molecule has 0 fully saturated rings. The van der Waals surface area contributed by atoms with Gasteiger partial charge in [-0.1, -0.05) is 24.3 Å². The van der Waals surface area contributed by atoms with Crippen molar-refractivity contribution in [1.82, 2.24) is 15.3 Å². The summed E-state index contributed by atoms with van der Waals surface area (Å²) in [6.07, 6.45) is 0.465. The number of imidazole rings is 1. The van der Waals surface area contributed by atoms with Crippen LogP contribution >= 0.6 is 0 Å². The van der Waals surface area contributed by atoms with Crippen LogP contribution in [-0.4, -0.2) is 27.6 Å². The zero-order valence-corrected chi connectivity index (χ0v) is 18.0. The number of fused-ring (bicyclic) bond motifs is 2. The molecule has 170 valence electrons. The van der Waals surface area contributed by atoms with Gasteiger partial charge in [-0.3, -0.25) is 4.79 Å². The molecule has 8 heteroatoms. The quantitative estimate of drug-likeness (QED) is 0.321. The van der Waals surface area contributed by atoms with Crippen molar-refractivity contribution in [2.75, 3.05) is 6.61 Å². The Morgan fingerprint density at radius 1 is 1.06 bits per heavy atom. The fourth-order valence-corrected chi connectivity index (χ4v) is 3.74. The van der Waals surface area contributed by atoms with Crippen molar-refractivity contribution in [3.05, 3.63) is 101 Å². The average Bonchev–Trinajstić information content (AvgIpc) is 3.28. The molecule has 0 saturated heterocycles. The van der Waals surface area contributed by atoms with E-state index < -0.39 is 11.7 Å². The second kappa shape index (κ2) is 9.11. The first kappa shape index (κ1) is 21.3. The molecule has 3 N–H and O–H groups in total. The smallest absolute Gasteiger partial charge is 0.336 e. The van der Waals surface area contributed by atoms with E-state index in [9.17, 15) is 14.7 Å². The zero-order chi connectivity index (χ0) is 23.5. The fraction of sp³-hybridized carbons (Fsp3) is 0.115. The summed E-state index contributed by atoms with van der Waals surface area (Å²) in [5.41, 5.74) is 2.53. The Kier molecular flexibility index (Phi) is 5.70. The van der Waals surface area contributed by atoms with E-state index >= 15 is 0 Å². The number of hydrogen-bond acceptors (Lipinski definition) is 6. The maximum atomic E-state index is 12.8. The predicted molar refractivity (Wildman–Crippen MR) is 127 cm³/mol. The van der Waals surface area contributed by atoms with Crippen LogP contribution < -0.4 is 15.7 Å². The number of aromatic amines is 1. The molecule has 5 aromatic rings. The number of rotatable bonds is 7. The number of aromatic nitrogens is 2. The van der Waals surface area contributed by atoms with Crippen molar-refractivity contribution in [2.45, 2.75) is 12.5 Å². The Balaban J connectivity index is 1.33. The molecule has 34 heavy (non-hydrogen) atoms. The van der Waals surface area contributed by atoms with Gasteiger partial charge >= 0.3 is 5.63 Å². The minimum atomic E-state index is -0.453. The van der Waals surface area contributed by atoms with Gasteiger partial charge in [-0.15, -0.1) is 0 Å². The summed E-state index contributed by atoms with van der Waals surface area (Å²) in [5, 5.41) is 13.3. The molecule has 8 nitrogen and oxygen atoms in total. The second-order valence-electron chi connectivity index (χ2n) is 7.87. The second-order valence-corrected chi connectivity index (χ2v) is 7.87. The number of ether oxygens (including phenoxy) is 1. The number of hydrogen-bond donors (Lipinski definition) is 3. The summed E-state index contributed by atoms with van der Waals surface area (Å²) < 4.78 is 10.8. The van der Waals surface area contributed by atoms with Gasteiger partial charge in [0.1, 0.15) is 22.9 Å². The predicted octanol–water partition coefficient (Wildman–Crippen LogP) is 3.85. The van der Waals surface area contributed by atoms with Crippen molar-refractivity contribution in [1.29, 1.82) is 0 Å². The number of phenols is 1. The van der Waals surface area contributed by atoms with E-state index in [0.717, 1.165) is 22.0 Å². The fourth-order valence-electron chi connectivity index (χ4n) is 3.74. The van der Waals surface area contributed by atoms with Gasteiger partial charge in [0, 0.05) is 17.5 Å². The maximum absolute atomic E-state index is 12.8. The lowest BCUT2D eigenvalue weighted by Crippen LogP contribution is -2.34. The van der Waals surface area contributed by atoms with Gasteiger partial charge in [0.2, 0.25) is 0 Å². The van der Waals surface area contributed by atoms with Crippen molar-refractivity contribution < 1.29 is 19.1 Å². The summed E-state index contributed by atoms with van der Waals surface area (Å²) in [6, 6.07) is 22.1. The number of amides is 1. The molecule has 2 heterocycles. The topological polar surface area (TPSA) is 117 Å². The Hall–Kier alpha value is -4.59. The zero-order valence-electron chi connectivity index (χ0n) is 18.0. The number of nitrogens with one attached hydrogen (secondary N) is 2. The van der Waals surface area contributed by atoms with Crippen LogP contribution in [0.1, 0.15) is 17.4 Å². The van der Waals surface area contributed by atoms with Crippen molar-refractivity contribution in [3.63, 3.8) is 0 Å². The molecule has 0 aliphatic rings. The molecule has 1 unspecified atom stereocenters. The number of phenolic OH excluding ortho intramolecular Hbond substituents is 1. The summed E-state index contributed by atoms with van der Waals surface area (Å²) in [6.45, 7) is -0.227. The molecule has 0 spiro atoms. The number of carbonyl (C=O) groups is 1. The van der Waals surface area contributed by atoms with Crippen LogP contribution in [0.3, 0.4) is 0 Å². The van der Waals surface area contributed by atoms with Gasteiger partial charge in [0.05, 0.1) is 17.1 Å². The summed E-state index contributed by atoms with van der Waals surface area (Å²) >= 11 is 0. The normalized spacial score (nSPS) is 12.0. The van der Waals surface area contributed by atoms with E-state index in [1.54, 1.807) is 48.5 Å². The van der Waals surface area contributed by atoms with Gasteiger partial charge in [-0.25, -0.2) is 9.78 Å². The lowest BCUT2D eigenvalue weighted by atomic mass is 10.1. The van der Waals surface area contributed by atoms with E-state index in [1.807, 2.05) is 24.3 Å². The molecule has 0 bridgehead atoms. The molecule has 0 aliphatic carbocycles. The first-order valence-electron chi connectivity index (χ1n) is 10.7. The van der Waals surface area contributed by atoms with Gasteiger partial charge in [0.15, 0.2) is 6.61 Å². The van der Waals surface area contributed by atoms with Crippen LogP contribution in [0, 0.1) is 0 Å². The molecular weight excluding hydrogens is 434 g/mol. The Bertz CT molecular complexity index is 1490. The van der Waals surface area contributed by atoms with Crippen LogP contribution in [-0.2, 0) is 11.2 Å². The number of nitrogens with zero attached hydrogens (tertiary/aromatic N) is 1. The Morgan fingerprint density at radius 3 is 2.68 bits per heavy atom. The van der Waals surface area contributed by atoms with Crippen molar-refractivity contribution in [3.8, 4) is 11.5 Å². The highest BCUT2D eigenvalue weighted by molar-refractivity contribution is 5.80. The third-order valence-electron chi connectivity index (χ3n) is 5.41. The molecule has 3 aromatic carbocycles. The van der Waals surface area contributed by atoms with Crippen LogP contribution in [0.4, 0.5) is 0 Å². The van der Waals surface area contributed by atoms with E-state index in [1.165, 1.54) is 6.07 Å². The van der Waals surface area contributed by atoms with Crippen molar-refractivity contribution in [2.24, 2.45) is 0 Å². The monoisotopic (exact) mass is 455 g/mol. The highest BCUT2D eigenvalue weighted by Gasteiger charge is 2.20. The largest absolute Gasteiger partial charge is 0.508 e. The van der Waals surface area contributed by atoms with Crippen LogP contribution in [0.25, 0.3) is 22.0 Å². The molecule has 0 aliphatic heterocycles. The number of para-hydroxylation sites is 2. The Morgan fingerprint density at radius 2 is 1.85 bits per heavy atom. The first-order valence-corrected chi connectivity index (χ1v) is 10.7. The van der Waals surface area contributed by atoms with E-state index in [2.05, 4.69) is 15.3 Å². The van der Waals surface area contributed by atoms with Crippen LogP contribution in [0.5, 0.6) is 11.5 Å². The third kappa shape index (κ3) is 4.75. The van der Waals surface area contributed by atoms with Gasteiger partial charge < -0.3 is 24.6 Å². The minimum Gasteiger partial charge on any atom is -0.508 e. The number of carbonyl (C=O) groups excluding carboxylic acids is 1. The van der Waals surface area contributed by atoms with Gasteiger partial charge in [-0.2, -0.15) is 0 Å². The van der Waals surface area contributed by atoms with E-state index in [4.69, 9.17) is 9.15 Å². The first-order chi connectivity index (χ1) is 16.5.